The molecule has 1 unspecified atom stereocenters. The molecule has 2 aliphatic heterocycles. The third-order valence-corrected chi connectivity index (χ3v) is 6.41. The van der Waals surface area contributed by atoms with E-state index in [1.165, 1.54) is 23.4 Å². The summed E-state index contributed by atoms with van der Waals surface area (Å²) in [5.41, 5.74) is 2.06. The number of nitrogens with one attached hydrogen (secondary N) is 3. The number of aryl methyl sites for hydroxylation is 1. The fraction of sp³-hybridized carbons (Fsp3) is 0.360. The van der Waals surface area contributed by atoms with Gasteiger partial charge in [-0.15, -0.1) is 0 Å². The van der Waals surface area contributed by atoms with Crippen molar-refractivity contribution in [2.45, 2.75) is 25.9 Å². The SMILES string of the molecule is Cc1cc(F)c(NC(=O)N2CCC(CC(F)(F)F)C2)cc1Nc1ncccc1-c1ncnc2c1OCCN2. The van der Waals surface area contributed by atoms with Gasteiger partial charge in [0.05, 0.1) is 12.2 Å². The minimum absolute atomic E-state index is 0.0403. The van der Waals surface area contributed by atoms with E-state index in [1.807, 2.05) is 6.07 Å². The molecule has 0 aliphatic carbocycles. The summed E-state index contributed by atoms with van der Waals surface area (Å²) in [5.74, 6) is 0.142. The minimum atomic E-state index is -4.29. The van der Waals surface area contributed by atoms with Crippen LogP contribution in [-0.2, 0) is 0 Å². The topological polar surface area (TPSA) is 104 Å². The first-order valence-corrected chi connectivity index (χ1v) is 12.0. The van der Waals surface area contributed by atoms with E-state index in [0.717, 1.165) is 0 Å². The Balaban J connectivity index is 1.37. The van der Waals surface area contributed by atoms with Gasteiger partial charge in [0.25, 0.3) is 0 Å². The number of nitrogens with zero attached hydrogens (tertiary/aromatic N) is 4. The normalized spacial score (nSPS) is 16.9. The van der Waals surface area contributed by atoms with Crippen LogP contribution in [0.15, 0.2) is 36.8 Å². The number of likely N-dealkylation sites (tertiary alicyclic amines) is 1. The number of carbonyl (C=O) groups excluding carboxylic acids is 1. The van der Waals surface area contributed by atoms with Crippen LogP contribution in [0, 0.1) is 18.7 Å². The van der Waals surface area contributed by atoms with E-state index in [2.05, 4.69) is 30.9 Å². The summed E-state index contributed by atoms with van der Waals surface area (Å²) in [6, 6.07) is 5.59. The van der Waals surface area contributed by atoms with Crippen molar-refractivity contribution in [3.8, 4) is 17.0 Å². The van der Waals surface area contributed by atoms with Gasteiger partial charge in [0.2, 0.25) is 0 Å². The monoisotopic (exact) mass is 531 g/mol. The number of alkyl halides is 3. The number of pyridine rings is 1. The van der Waals surface area contributed by atoms with Crippen LogP contribution in [0.3, 0.4) is 0 Å². The Labute approximate surface area is 215 Å². The molecule has 3 aromatic rings. The Morgan fingerprint density at radius 2 is 2.08 bits per heavy atom. The van der Waals surface area contributed by atoms with E-state index in [1.54, 1.807) is 19.2 Å². The van der Waals surface area contributed by atoms with Crippen LogP contribution < -0.4 is 20.7 Å². The van der Waals surface area contributed by atoms with Crippen molar-refractivity contribution in [1.82, 2.24) is 19.9 Å². The molecule has 4 heterocycles. The molecule has 38 heavy (non-hydrogen) atoms. The maximum absolute atomic E-state index is 14.8. The number of hydrogen-bond donors (Lipinski definition) is 3. The molecule has 9 nitrogen and oxygen atoms in total. The first-order valence-electron chi connectivity index (χ1n) is 12.0. The van der Waals surface area contributed by atoms with Crippen LogP contribution in [0.1, 0.15) is 18.4 Å². The molecular weight excluding hydrogens is 506 g/mol. The van der Waals surface area contributed by atoms with Crippen LogP contribution in [-0.4, -0.2) is 58.3 Å². The van der Waals surface area contributed by atoms with Gasteiger partial charge in [0, 0.05) is 37.0 Å². The van der Waals surface area contributed by atoms with E-state index in [-0.39, 0.29) is 25.2 Å². The lowest BCUT2D eigenvalue weighted by atomic mass is 10.1. The van der Waals surface area contributed by atoms with Crippen molar-refractivity contribution in [3.05, 3.63) is 48.2 Å². The van der Waals surface area contributed by atoms with Crippen molar-refractivity contribution >= 4 is 29.0 Å². The predicted molar refractivity (Wildman–Crippen MR) is 133 cm³/mol. The van der Waals surface area contributed by atoms with Gasteiger partial charge >= 0.3 is 12.2 Å². The number of benzene rings is 1. The summed E-state index contributed by atoms with van der Waals surface area (Å²) in [6.07, 6.45) is -2.00. The molecule has 5 rings (SSSR count). The number of ether oxygens (including phenoxy) is 1. The van der Waals surface area contributed by atoms with Gasteiger partial charge in [-0.3, -0.25) is 0 Å². The summed E-state index contributed by atoms with van der Waals surface area (Å²) in [7, 11) is 0. The molecular formula is C25H25F4N7O2. The molecule has 0 saturated carbocycles. The number of carbonyl (C=O) groups is 1. The third kappa shape index (κ3) is 5.55. The molecule has 2 aliphatic rings. The number of rotatable bonds is 5. The lowest BCUT2D eigenvalue weighted by Gasteiger charge is -2.21. The second-order valence-electron chi connectivity index (χ2n) is 9.20. The van der Waals surface area contributed by atoms with E-state index in [0.29, 0.717) is 53.0 Å². The minimum Gasteiger partial charge on any atom is -0.486 e. The van der Waals surface area contributed by atoms with Crippen LogP contribution in [0.5, 0.6) is 5.75 Å². The number of aromatic nitrogens is 3. The number of amides is 2. The van der Waals surface area contributed by atoms with Gasteiger partial charge in [-0.25, -0.2) is 24.1 Å². The van der Waals surface area contributed by atoms with Crippen molar-refractivity contribution in [2.24, 2.45) is 5.92 Å². The lowest BCUT2D eigenvalue weighted by Crippen LogP contribution is -2.33. The Bertz CT molecular complexity index is 1350. The Hall–Kier alpha value is -4.16. The van der Waals surface area contributed by atoms with Crippen LogP contribution in [0.2, 0.25) is 0 Å². The Morgan fingerprint density at radius 1 is 1.24 bits per heavy atom. The zero-order valence-electron chi connectivity index (χ0n) is 20.4. The van der Waals surface area contributed by atoms with Crippen molar-refractivity contribution in [2.75, 3.05) is 42.2 Å². The standard InChI is InChI=1S/C25H25F4N7O2/c1-14-9-17(26)19(35-24(37)36-7-4-15(12-36)11-25(27,28)29)10-18(14)34-22-16(3-2-5-30-22)20-21-23(33-13-32-20)31-6-8-38-21/h2-3,5,9-10,13,15H,4,6-8,11-12H2,1H3,(H,30,34)(H,35,37)(H,31,32,33). The highest BCUT2D eigenvalue weighted by Gasteiger charge is 2.36. The molecule has 200 valence electrons. The summed E-state index contributed by atoms with van der Waals surface area (Å²) in [6.45, 7) is 2.89. The quantitative estimate of drug-likeness (QED) is 0.382. The van der Waals surface area contributed by atoms with E-state index < -0.39 is 30.4 Å². The molecule has 1 saturated heterocycles. The average molecular weight is 532 g/mol. The summed E-state index contributed by atoms with van der Waals surface area (Å²) < 4.78 is 58.7. The molecule has 1 atom stereocenters. The zero-order valence-corrected chi connectivity index (χ0v) is 20.4. The number of urea groups is 1. The maximum Gasteiger partial charge on any atom is 0.389 e. The highest BCUT2D eigenvalue weighted by Crippen LogP contribution is 2.39. The second-order valence-corrected chi connectivity index (χ2v) is 9.20. The van der Waals surface area contributed by atoms with Crippen LogP contribution in [0.25, 0.3) is 11.3 Å². The van der Waals surface area contributed by atoms with Crippen LogP contribution in [0.4, 0.5) is 45.4 Å². The molecule has 0 spiro atoms. The first-order chi connectivity index (χ1) is 18.2. The Morgan fingerprint density at radius 3 is 2.89 bits per heavy atom. The predicted octanol–water partition coefficient (Wildman–Crippen LogP) is 5.34. The number of hydrogen-bond acceptors (Lipinski definition) is 7. The van der Waals surface area contributed by atoms with E-state index in [4.69, 9.17) is 4.74 Å². The van der Waals surface area contributed by atoms with Gasteiger partial charge in [0.1, 0.15) is 30.3 Å². The molecule has 0 bridgehead atoms. The molecule has 13 heteroatoms. The van der Waals surface area contributed by atoms with Gasteiger partial charge in [0.15, 0.2) is 11.6 Å². The third-order valence-electron chi connectivity index (χ3n) is 6.41. The first kappa shape index (κ1) is 25.5. The fourth-order valence-electron chi connectivity index (χ4n) is 4.58. The highest BCUT2D eigenvalue weighted by atomic mass is 19.4. The average Bonchev–Trinajstić information content (AvgIpc) is 3.34. The molecule has 1 fully saturated rings. The van der Waals surface area contributed by atoms with Gasteiger partial charge < -0.3 is 25.6 Å². The van der Waals surface area contributed by atoms with Gasteiger partial charge in [-0.05, 0) is 49.1 Å². The maximum atomic E-state index is 14.8. The van der Waals surface area contributed by atoms with E-state index >= 15 is 0 Å². The summed E-state index contributed by atoms with van der Waals surface area (Å²) in [5, 5.41) is 8.84. The number of fused-ring (bicyclic) bond motifs is 1. The Kier molecular flexibility index (Phi) is 6.91. The molecule has 2 aromatic heterocycles. The smallest absolute Gasteiger partial charge is 0.389 e. The molecule has 1 aromatic carbocycles. The molecule has 0 radical (unpaired) electrons. The zero-order chi connectivity index (χ0) is 26.9. The van der Waals surface area contributed by atoms with Crippen molar-refractivity contribution in [3.63, 3.8) is 0 Å². The van der Waals surface area contributed by atoms with E-state index in [9.17, 15) is 22.4 Å². The number of halogens is 4. The van der Waals surface area contributed by atoms with Crippen molar-refractivity contribution < 1.29 is 27.1 Å². The second kappa shape index (κ2) is 10.3. The van der Waals surface area contributed by atoms with Crippen molar-refractivity contribution in [1.29, 1.82) is 0 Å². The number of anilines is 4. The highest BCUT2D eigenvalue weighted by molar-refractivity contribution is 5.91. The van der Waals surface area contributed by atoms with Gasteiger partial charge in [-0.2, -0.15) is 13.2 Å². The summed E-state index contributed by atoms with van der Waals surface area (Å²) >= 11 is 0. The van der Waals surface area contributed by atoms with Gasteiger partial charge in [-0.1, -0.05) is 0 Å². The summed E-state index contributed by atoms with van der Waals surface area (Å²) in [4.78, 5) is 27.0. The fourth-order valence-corrected chi connectivity index (χ4v) is 4.58. The molecule has 2 amide bonds. The van der Waals surface area contributed by atoms with Crippen LogP contribution >= 0.6 is 0 Å². The molecule has 3 N–H and O–H groups in total. The largest absolute Gasteiger partial charge is 0.486 e. The lowest BCUT2D eigenvalue weighted by molar-refractivity contribution is -0.143.